The van der Waals surface area contributed by atoms with Gasteiger partial charge in [-0.25, -0.2) is 13.8 Å². The normalized spacial score (nSPS) is 18.2. The molecule has 1 aliphatic rings. The summed E-state index contributed by atoms with van der Waals surface area (Å²) in [6.07, 6.45) is 2.77. The molecule has 1 fully saturated rings. The molecule has 0 spiro atoms. The van der Waals surface area contributed by atoms with Crippen LogP contribution in [-0.4, -0.2) is 44.0 Å². The van der Waals surface area contributed by atoms with Crippen LogP contribution < -0.4 is 4.90 Å². The van der Waals surface area contributed by atoms with Crippen molar-refractivity contribution in [3.8, 4) is 5.82 Å². The topological polar surface area (TPSA) is 59.7 Å². The van der Waals surface area contributed by atoms with Crippen molar-refractivity contribution in [3.05, 3.63) is 24.2 Å². The molecule has 0 atom stereocenters. The van der Waals surface area contributed by atoms with Gasteiger partial charge >= 0.3 is 0 Å². The minimum Gasteiger partial charge on any atom is -0.340 e. The Morgan fingerprint density at radius 3 is 2.40 bits per heavy atom. The zero-order chi connectivity index (χ0) is 14.2. The quantitative estimate of drug-likeness (QED) is 0.836. The summed E-state index contributed by atoms with van der Waals surface area (Å²) in [5.41, 5.74) is 0.750. The highest BCUT2D eigenvalue weighted by Crippen LogP contribution is 2.29. The van der Waals surface area contributed by atoms with Crippen molar-refractivity contribution >= 4 is 5.95 Å². The number of alkyl halides is 2. The van der Waals surface area contributed by atoms with Gasteiger partial charge in [0.2, 0.25) is 5.95 Å². The lowest BCUT2D eigenvalue weighted by atomic mass is 10.1. The number of piperidine rings is 1. The zero-order valence-electron chi connectivity index (χ0n) is 11.0. The Morgan fingerprint density at radius 2 is 1.75 bits per heavy atom. The molecule has 0 unspecified atom stereocenters. The molecule has 0 saturated carbocycles. The molecule has 106 valence electrons. The molecule has 0 radical (unpaired) electrons. The molecule has 2 aromatic rings. The maximum atomic E-state index is 13.2. The van der Waals surface area contributed by atoms with Gasteiger partial charge in [0.05, 0.1) is 12.4 Å². The van der Waals surface area contributed by atoms with Crippen LogP contribution in [0.15, 0.2) is 18.5 Å². The van der Waals surface area contributed by atoms with E-state index in [9.17, 15) is 8.78 Å². The Labute approximate surface area is 114 Å². The number of aryl methyl sites for hydroxylation is 1. The van der Waals surface area contributed by atoms with E-state index in [0.29, 0.717) is 11.8 Å². The molecule has 2 aromatic heterocycles. The van der Waals surface area contributed by atoms with Gasteiger partial charge in [-0.2, -0.15) is 15.2 Å². The molecule has 3 heterocycles. The van der Waals surface area contributed by atoms with Crippen LogP contribution in [-0.2, 0) is 0 Å². The van der Waals surface area contributed by atoms with Gasteiger partial charge in [-0.3, -0.25) is 0 Å². The van der Waals surface area contributed by atoms with E-state index in [2.05, 4.69) is 20.2 Å². The lowest BCUT2D eigenvalue weighted by Crippen LogP contribution is -2.40. The molecule has 0 aliphatic carbocycles. The van der Waals surface area contributed by atoms with Crippen molar-refractivity contribution in [3.63, 3.8) is 0 Å². The monoisotopic (exact) mass is 280 g/mol. The Bertz CT molecular complexity index is 588. The Balaban J connectivity index is 1.87. The molecule has 0 N–H and O–H groups in total. The first-order valence-corrected chi connectivity index (χ1v) is 6.39. The number of rotatable bonds is 2. The molecule has 0 amide bonds. The summed E-state index contributed by atoms with van der Waals surface area (Å²) < 4.78 is 26.4. The molecule has 8 heteroatoms. The van der Waals surface area contributed by atoms with Crippen LogP contribution in [0.5, 0.6) is 0 Å². The van der Waals surface area contributed by atoms with Gasteiger partial charge in [-0.15, -0.1) is 4.80 Å². The largest absolute Gasteiger partial charge is 0.340 e. The van der Waals surface area contributed by atoms with Crippen LogP contribution in [0, 0.1) is 6.92 Å². The predicted molar refractivity (Wildman–Crippen MR) is 68.1 cm³/mol. The summed E-state index contributed by atoms with van der Waals surface area (Å²) in [6.45, 7) is 2.33. The second kappa shape index (κ2) is 4.77. The summed E-state index contributed by atoms with van der Waals surface area (Å²) in [4.78, 5) is 11.8. The number of halogens is 2. The van der Waals surface area contributed by atoms with E-state index < -0.39 is 5.92 Å². The van der Waals surface area contributed by atoms with Gasteiger partial charge < -0.3 is 4.90 Å². The van der Waals surface area contributed by atoms with Crippen molar-refractivity contribution in [1.29, 1.82) is 0 Å². The first-order chi connectivity index (χ1) is 9.53. The van der Waals surface area contributed by atoms with Crippen molar-refractivity contribution in [1.82, 2.24) is 25.0 Å². The average Bonchev–Trinajstić information content (AvgIpc) is 2.91. The molecular weight excluding hydrogens is 266 g/mol. The maximum absolute atomic E-state index is 13.2. The van der Waals surface area contributed by atoms with E-state index >= 15 is 0 Å². The van der Waals surface area contributed by atoms with Crippen LogP contribution in [0.4, 0.5) is 14.7 Å². The molecule has 0 aromatic carbocycles. The third-order valence-corrected chi connectivity index (χ3v) is 3.23. The van der Waals surface area contributed by atoms with E-state index in [1.54, 1.807) is 23.4 Å². The maximum Gasteiger partial charge on any atom is 0.251 e. The fraction of sp³-hybridized carbons (Fsp3) is 0.500. The van der Waals surface area contributed by atoms with Gasteiger partial charge in [-0.1, -0.05) is 0 Å². The summed E-state index contributed by atoms with van der Waals surface area (Å²) in [7, 11) is 0. The fourth-order valence-electron chi connectivity index (χ4n) is 2.15. The van der Waals surface area contributed by atoms with Gasteiger partial charge in [-0.05, 0) is 6.92 Å². The smallest absolute Gasteiger partial charge is 0.251 e. The van der Waals surface area contributed by atoms with Gasteiger partial charge in [0.1, 0.15) is 0 Å². The van der Waals surface area contributed by atoms with Crippen LogP contribution in [0.2, 0.25) is 0 Å². The predicted octanol–water partition coefficient (Wildman–Crippen LogP) is 1.60. The van der Waals surface area contributed by atoms with Crippen molar-refractivity contribution < 1.29 is 8.78 Å². The van der Waals surface area contributed by atoms with E-state index in [1.165, 1.54) is 4.80 Å². The third kappa shape index (κ3) is 2.59. The molecule has 1 saturated heterocycles. The zero-order valence-corrected chi connectivity index (χ0v) is 11.0. The van der Waals surface area contributed by atoms with Gasteiger partial charge in [0.25, 0.3) is 5.92 Å². The lowest BCUT2D eigenvalue weighted by molar-refractivity contribution is -0.0222. The van der Waals surface area contributed by atoms with Crippen molar-refractivity contribution in [2.75, 3.05) is 18.0 Å². The standard InChI is InChI=1S/C12H14F2N6/c1-9-8-10(20-15-4-5-16-20)18-11(17-9)19-6-2-12(13,14)3-7-19/h4-5,8H,2-3,6-7H2,1H3. The van der Waals surface area contributed by atoms with Crippen LogP contribution in [0.25, 0.3) is 5.82 Å². The number of hydrogen-bond acceptors (Lipinski definition) is 5. The molecule has 0 bridgehead atoms. The van der Waals surface area contributed by atoms with E-state index in [4.69, 9.17) is 0 Å². The van der Waals surface area contributed by atoms with Crippen molar-refractivity contribution in [2.24, 2.45) is 0 Å². The minimum absolute atomic E-state index is 0.167. The number of nitrogens with zero attached hydrogens (tertiary/aromatic N) is 6. The Kier molecular flexibility index (Phi) is 3.07. The second-order valence-electron chi connectivity index (χ2n) is 4.83. The summed E-state index contributed by atoms with van der Waals surface area (Å²) in [5.74, 6) is -1.59. The Hall–Kier alpha value is -2.12. The highest BCUT2D eigenvalue weighted by molar-refractivity contribution is 5.37. The Morgan fingerprint density at radius 1 is 1.10 bits per heavy atom. The molecule has 6 nitrogen and oxygen atoms in total. The van der Waals surface area contributed by atoms with Crippen LogP contribution in [0.1, 0.15) is 18.5 Å². The minimum atomic E-state index is -2.58. The fourth-order valence-corrected chi connectivity index (χ4v) is 2.15. The third-order valence-electron chi connectivity index (χ3n) is 3.23. The molecular formula is C12H14F2N6. The molecule has 1 aliphatic heterocycles. The summed E-state index contributed by atoms with van der Waals surface area (Å²) in [5, 5.41) is 8.03. The number of aromatic nitrogens is 5. The van der Waals surface area contributed by atoms with Crippen molar-refractivity contribution in [2.45, 2.75) is 25.7 Å². The highest BCUT2D eigenvalue weighted by atomic mass is 19.3. The van der Waals surface area contributed by atoms with Crippen LogP contribution >= 0.6 is 0 Å². The van der Waals surface area contributed by atoms with Gasteiger partial charge in [0, 0.05) is 37.7 Å². The second-order valence-corrected chi connectivity index (χ2v) is 4.83. The average molecular weight is 280 g/mol. The highest BCUT2D eigenvalue weighted by Gasteiger charge is 2.34. The SMILES string of the molecule is Cc1cc(-n2nccn2)nc(N2CCC(F)(F)CC2)n1. The van der Waals surface area contributed by atoms with E-state index in [-0.39, 0.29) is 25.9 Å². The van der Waals surface area contributed by atoms with Crippen LogP contribution in [0.3, 0.4) is 0 Å². The number of hydrogen-bond donors (Lipinski definition) is 0. The summed E-state index contributed by atoms with van der Waals surface area (Å²) in [6, 6.07) is 1.75. The van der Waals surface area contributed by atoms with E-state index in [0.717, 1.165) is 5.69 Å². The molecule has 20 heavy (non-hydrogen) atoms. The lowest BCUT2D eigenvalue weighted by Gasteiger charge is -2.31. The van der Waals surface area contributed by atoms with E-state index in [1.807, 2.05) is 6.92 Å². The number of anilines is 1. The first kappa shape index (κ1) is 12.9. The molecule has 3 rings (SSSR count). The van der Waals surface area contributed by atoms with Gasteiger partial charge in [0.15, 0.2) is 5.82 Å². The summed E-state index contributed by atoms with van der Waals surface area (Å²) >= 11 is 0. The first-order valence-electron chi connectivity index (χ1n) is 6.39.